The van der Waals surface area contributed by atoms with Crippen molar-refractivity contribution in [3.05, 3.63) is 90.0 Å². The van der Waals surface area contributed by atoms with Crippen molar-refractivity contribution >= 4 is 0 Å². The molecule has 2 aliphatic rings. The highest BCUT2D eigenvalue weighted by molar-refractivity contribution is 5.70. The minimum absolute atomic E-state index is 0.295. The fourth-order valence-electron chi connectivity index (χ4n) is 7.15. The van der Waals surface area contributed by atoms with Crippen LogP contribution in [0.1, 0.15) is 57.1 Å². The van der Waals surface area contributed by atoms with Crippen molar-refractivity contribution in [2.24, 2.45) is 17.8 Å². The third-order valence-electron chi connectivity index (χ3n) is 8.34. The molecule has 0 radical (unpaired) electrons. The first-order valence-corrected chi connectivity index (χ1v) is 13.4. The molecule has 0 spiro atoms. The Balaban J connectivity index is 1.42. The van der Waals surface area contributed by atoms with Crippen LogP contribution in [-0.2, 0) is 5.41 Å². The molecule has 6 rings (SSSR count). The predicted molar refractivity (Wildman–Crippen MR) is 147 cm³/mol. The Labute approximate surface area is 219 Å². The maximum Gasteiger partial charge on any atom is 0.165 e. The third-order valence-corrected chi connectivity index (χ3v) is 8.34. The molecular weight excluding hydrogens is 452 g/mol. The summed E-state index contributed by atoms with van der Waals surface area (Å²) >= 11 is 0. The van der Waals surface area contributed by atoms with Gasteiger partial charge in [0.15, 0.2) is 17.5 Å². The molecule has 3 aromatic carbocycles. The van der Waals surface area contributed by atoms with Gasteiger partial charge in [-0.15, -0.1) is 0 Å². The van der Waals surface area contributed by atoms with E-state index in [4.69, 9.17) is 15.0 Å². The summed E-state index contributed by atoms with van der Waals surface area (Å²) in [5.41, 5.74) is 4.94. The van der Waals surface area contributed by atoms with Crippen molar-refractivity contribution in [1.82, 2.24) is 15.0 Å². The molecule has 4 nitrogen and oxygen atoms in total. The first-order valence-electron chi connectivity index (χ1n) is 13.4. The largest absolute Gasteiger partial charge is 0.208 e. The molecular formula is C33H32N4. The van der Waals surface area contributed by atoms with E-state index in [1.807, 2.05) is 48.5 Å². The summed E-state index contributed by atoms with van der Waals surface area (Å²) in [4.78, 5) is 14.5. The van der Waals surface area contributed by atoms with Crippen LogP contribution in [0.3, 0.4) is 0 Å². The van der Waals surface area contributed by atoms with Crippen molar-refractivity contribution in [3.63, 3.8) is 0 Å². The molecule has 1 unspecified atom stereocenters. The molecule has 4 aromatic rings. The van der Waals surface area contributed by atoms with E-state index in [1.165, 1.54) is 37.7 Å². The quantitative estimate of drug-likeness (QED) is 0.296. The van der Waals surface area contributed by atoms with Crippen molar-refractivity contribution in [1.29, 1.82) is 5.26 Å². The number of hydrogen-bond donors (Lipinski definition) is 0. The lowest BCUT2D eigenvalue weighted by atomic mass is 9.54. The molecule has 2 saturated carbocycles. The molecule has 4 atom stereocenters. The van der Waals surface area contributed by atoms with Crippen LogP contribution < -0.4 is 0 Å². The fraction of sp³-hybridized carbons (Fsp3) is 0.333. The molecule has 184 valence electrons. The molecule has 0 N–H and O–H groups in total. The van der Waals surface area contributed by atoms with Crippen LogP contribution in [0.15, 0.2) is 78.9 Å². The lowest BCUT2D eigenvalue weighted by Crippen LogP contribution is -2.42. The maximum absolute atomic E-state index is 9.69. The molecule has 1 aromatic heterocycles. The summed E-state index contributed by atoms with van der Waals surface area (Å²) in [5, 5.41) is 9.69. The Hall–Kier alpha value is -3.84. The number of aromatic nitrogens is 3. The van der Waals surface area contributed by atoms with E-state index in [9.17, 15) is 5.26 Å². The van der Waals surface area contributed by atoms with Gasteiger partial charge in [0.25, 0.3) is 0 Å². The number of nitrogens with zero attached hydrogens (tertiary/aromatic N) is 4. The lowest BCUT2D eigenvalue weighted by Gasteiger charge is -2.50. The van der Waals surface area contributed by atoms with E-state index in [0.717, 1.165) is 34.4 Å². The monoisotopic (exact) mass is 484 g/mol. The third kappa shape index (κ3) is 4.55. The molecule has 0 aliphatic heterocycles. The molecule has 2 aliphatic carbocycles. The van der Waals surface area contributed by atoms with Crippen molar-refractivity contribution < 1.29 is 0 Å². The molecule has 37 heavy (non-hydrogen) atoms. The molecule has 0 saturated heterocycles. The Morgan fingerprint density at radius 1 is 0.676 bits per heavy atom. The van der Waals surface area contributed by atoms with Gasteiger partial charge in [0, 0.05) is 16.7 Å². The summed E-state index contributed by atoms with van der Waals surface area (Å²) in [6, 6.07) is 28.7. The summed E-state index contributed by atoms with van der Waals surface area (Å²) in [6.45, 7) is 4.86. The smallest absolute Gasteiger partial charge is 0.165 e. The second-order valence-corrected chi connectivity index (χ2v) is 11.3. The predicted octanol–water partition coefficient (Wildman–Crippen LogP) is 7.85. The number of hydrogen-bond acceptors (Lipinski definition) is 4. The number of rotatable bonds is 4. The van der Waals surface area contributed by atoms with Gasteiger partial charge in [0.2, 0.25) is 0 Å². The Morgan fingerprint density at radius 2 is 1.24 bits per heavy atom. The van der Waals surface area contributed by atoms with Crippen molar-refractivity contribution in [3.8, 4) is 40.2 Å². The highest BCUT2D eigenvalue weighted by atomic mass is 15.0. The summed E-state index contributed by atoms with van der Waals surface area (Å²) in [6.07, 6.45) is 6.65. The van der Waals surface area contributed by atoms with E-state index >= 15 is 0 Å². The molecule has 2 fully saturated rings. The first-order chi connectivity index (χ1) is 18.0. The number of benzene rings is 3. The zero-order valence-corrected chi connectivity index (χ0v) is 21.6. The number of fused-ring (bicyclic) bond motifs is 2. The summed E-state index contributed by atoms with van der Waals surface area (Å²) in [5.74, 6) is 4.19. The van der Waals surface area contributed by atoms with E-state index in [0.29, 0.717) is 28.5 Å². The number of nitriles is 1. The van der Waals surface area contributed by atoms with Crippen LogP contribution in [0.4, 0.5) is 0 Å². The highest BCUT2D eigenvalue weighted by Crippen LogP contribution is 2.54. The van der Waals surface area contributed by atoms with Gasteiger partial charge >= 0.3 is 0 Å². The normalized spacial score (nSPS) is 24.8. The van der Waals surface area contributed by atoms with E-state index in [-0.39, 0.29) is 0 Å². The van der Waals surface area contributed by atoms with Crippen LogP contribution in [0, 0.1) is 29.1 Å². The zero-order valence-electron chi connectivity index (χ0n) is 21.6. The molecule has 4 heteroatoms. The minimum atomic E-state index is 0.295. The van der Waals surface area contributed by atoms with Crippen LogP contribution in [-0.4, -0.2) is 15.0 Å². The van der Waals surface area contributed by atoms with Gasteiger partial charge in [-0.25, -0.2) is 15.0 Å². The lowest BCUT2D eigenvalue weighted by molar-refractivity contribution is 0.0780. The fourth-order valence-corrected chi connectivity index (χ4v) is 7.15. The van der Waals surface area contributed by atoms with Crippen LogP contribution in [0.5, 0.6) is 0 Å². The summed E-state index contributed by atoms with van der Waals surface area (Å²) in [7, 11) is 0. The Kier molecular flexibility index (Phi) is 6.08. The maximum atomic E-state index is 9.69. The van der Waals surface area contributed by atoms with Gasteiger partial charge < -0.3 is 0 Å². The zero-order chi connectivity index (χ0) is 25.4. The second-order valence-electron chi connectivity index (χ2n) is 11.3. The molecule has 1 heterocycles. The van der Waals surface area contributed by atoms with Crippen LogP contribution >= 0.6 is 0 Å². The molecule has 2 bridgehead atoms. The van der Waals surface area contributed by atoms with Gasteiger partial charge in [0.05, 0.1) is 11.6 Å². The van der Waals surface area contributed by atoms with E-state index in [2.05, 4.69) is 44.2 Å². The van der Waals surface area contributed by atoms with Crippen LogP contribution in [0.25, 0.3) is 34.2 Å². The van der Waals surface area contributed by atoms with Gasteiger partial charge in [-0.3, -0.25) is 0 Å². The van der Waals surface area contributed by atoms with E-state index < -0.39 is 0 Å². The topological polar surface area (TPSA) is 62.5 Å². The van der Waals surface area contributed by atoms with Gasteiger partial charge in [0.1, 0.15) is 0 Å². The highest BCUT2D eigenvalue weighted by Gasteiger charge is 2.45. The Morgan fingerprint density at radius 3 is 1.89 bits per heavy atom. The van der Waals surface area contributed by atoms with Crippen molar-refractivity contribution in [2.75, 3.05) is 0 Å². The van der Waals surface area contributed by atoms with Gasteiger partial charge in [-0.05, 0) is 73.0 Å². The Bertz CT molecular complexity index is 1430. The standard InChI is InChI=1S/C33H32N4/c1-22-16-24-17-23(2)19-33(18-22,20-24)28-14-12-26(13-15-28)31-35-30(25-8-4-3-5-9-25)36-32(37-31)29-11-7-6-10-27(29)21-34/h3-15,22-24H,16-20H2,1-2H3/t22-,23+,24-,33?. The van der Waals surface area contributed by atoms with E-state index in [1.54, 1.807) is 6.07 Å². The minimum Gasteiger partial charge on any atom is -0.208 e. The second kappa shape index (κ2) is 9.56. The SMILES string of the molecule is C[C@@H]1C[C@@H]2C[C@H](C)CC(c3ccc(-c4nc(-c5ccccc5)nc(-c5ccccc5C#N)n4)cc3)(C1)C2. The van der Waals surface area contributed by atoms with Crippen LogP contribution in [0.2, 0.25) is 0 Å². The van der Waals surface area contributed by atoms with Gasteiger partial charge in [-0.2, -0.15) is 5.26 Å². The average Bonchev–Trinajstić information content (AvgIpc) is 2.92. The average molecular weight is 485 g/mol. The summed E-state index contributed by atoms with van der Waals surface area (Å²) < 4.78 is 0. The molecule has 0 amide bonds. The van der Waals surface area contributed by atoms with Crippen molar-refractivity contribution in [2.45, 2.75) is 51.4 Å². The van der Waals surface area contributed by atoms with Gasteiger partial charge in [-0.1, -0.05) is 80.6 Å². The first kappa shape index (κ1) is 23.6.